The van der Waals surface area contributed by atoms with Crippen molar-refractivity contribution < 1.29 is 19.5 Å². The number of carboxylic acids is 1. The Labute approximate surface area is 113 Å². The summed E-state index contributed by atoms with van der Waals surface area (Å²) in [6.07, 6.45) is 3.06. The Bertz CT molecular complexity index is 355. The predicted octanol–water partition coefficient (Wildman–Crippen LogP) is 0.614. The lowest BCUT2D eigenvalue weighted by Crippen LogP contribution is -2.33. The SMILES string of the molecule is CN(C)C(=O)CCCC(=O)N[C@H]1CC[C@@H](C(=O)O)C1. The van der Waals surface area contributed by atoms with Crippen LogP contribution in [0.5, 0.6) is 0 Å². The van der Waals surface area contributed by atoms with Crippen molar-refractivity contribution in [3.8, 4) is 0 Å². The number of hydrogen-bond donors (Lipinski definition) is 2. The molecule has 19 heavy (non-hydrogen) atoms. The largest absolute Gasteiger partial charge is 0.481 e. The molecule has 0 saturated heterocycles. The topological polar surface area (TPSA) is 86.7 Å². The Morgan fingerprint density at radius 2 is 1.89 bits per heavy atom. The second-order valence-corrected chi connectivity index (χ2v) is 5.25. The molecule has 2 atom stereocenters. The van der Waals surface area contributed by atoms with Crippen molar-refractivity contribution >= 4 is 17.8 Å². The molecule has 1 saturated carbocycles. The molecular weight excluding hydrogens is 248 g/mol. The molecule has 2 N–H and O–H groups in total. The highest BCUT2D eigenvalue weighted by molar-refractivity contribution is 5.79. The molecule has 0 spiro atoms. The first-order valence-corrected chi connectivity index (χ1v) is 6.62. The third-order valence-electron chi connectivity index (χ3n) is 3.44. The summed E-state index contributed by atoms with van der Waals surface area (Å²) in [5, 5.41) is 11.7. The highest BCUT2D eigenvalue weighted by Gasteiger charge is 2.30. The van der Waals surface area contributed by atoms with Gasteiger partial charge >= 0.3 is 5.97 Å². The average molecular weight is 270 g/mol. The fourth-order valence-electron chi connectivity index (χ4n) is 2.26. The zero-order valence-electron chi connectivity index (χ0n) is 11.5. The second-order valence-electron chi connectivity index (χ2n) is 5.25. The smallest absolute Gasteiger partial charge is 0.306 e. The molecule has 0 aromatic rings. The van der Waals surface area contributed by atoms with Gasteiger partial charge in [0.15, 0.2) is 0 Å². The minimum Gasteiger partial charge on any atom is -0.481 e. The van der Waals surface area contributed by atoms with E-state index in [1.807, 2.05) is 0 Å². The van der Waals surface area contributed by atoms with Crippen molar-refractivity contribution in [3.05, 3.63) is 0 Å². The summed E-state index contributed by atoms with van der Waals surface area (Å²) >= 11 is 0. The Balaban J connectivity index is 2.18. The van der Waals surface area contributed by atoms with Crippen LogP contribution in [0.4, 0.5) is 0 Å². The maximum Gasteiger partial charge on any atom is 0.306 e. The van der Waals surface area contributed by atoms with Crippen LogP contribution < -0.4 is 5.32 Å². The first-order chi connectivity index (χ1) is 8.90. The van der Waals surface area contributed by atoms with E-state index in [0.29, 0.717) is 32.1 Å². The average Bonchev–Trinajstić information content (AvgIpc) is 2.77. The zero-order valence-corrected chi connectivity index (χ0v) is 11.5. The summed E-state index contributed by atoms with van der Waals surface area (Å²) in [6.45, 7) is 0. The molecule has 0 aromatic heterocycles. The van der Waals surface area contributed by atoms with Gasteiger partial charge in [-0.05, 0) is 25.7 Å². The Morgan fingerprint density at radius 3 is 2.42 bits per heavy atom. The Morgan fingerprint density at radius 1 is 1.21 bits per heavy atom. The van der Waals surface area contributed by atoms with E-state index in [4.69, 9.17) is 5.11 Å². The van der Waals surface area contributed by atoms with Crippen LogP contribution in [0.25, 0.3) is 0 Å². The van der Waals surface area contributed by atoms with Crippen LogP contribution in [-0.4, -0.2) is 47.9 Å². The predicted molar refractivity (Wildman–Crippen MR) is 69.5 cm³/mol. The van der Waals surface area contributed by atoms with Crippen LogP contribution in [0.3, 0.4) is 0 Å². The number of nitrogens with zero attached hydrogens (tertiary/aromatic N) is 1. The minimum absolute atomic E-state index is 0.0135. The molecule has 0 unspecified atom stereocenters. The first kappa shape index (κ1) is 15.5. The van der Waals surface area contributed by atoms with E-state index in [2.05, 4.69) is 5.32 Å². The number of rotatable bonds is 6. The van der Waals surface area contributed by atoms with Gasteiger partial charge in [-0.15, -0.1) is 0 Å². The zero-order chi connectivity index (χ0) is 14.4. The molecule has 0 heterocycles. The molecular formula is C13H22N2O4. The molecule has 108 valence electrons. The lowest BCUT2D eigenvalue weighted by Gasteiger charge is -2.13. The maximum absolute atomic E-state index is 11.6. The summed E-state index contributed by atoms with van der Waals surface area (Å²) in [4.78, 5) is 35.3. The maximum atomic E-state index is 11.6. The van der Waals surface area contributed by atoms with E-state index >= 15 is 0 Å². The van der Waals surface area contributed by atoms with Crippen LogP contribution in [0.15, 0.2) is 0 Å². The third-order valence-corrected chi connectivity index (χ3v) is 3.44. The number of carbonyl (C=O) groups excluding carboxylic acids is 2. The van der Waals surface area contributed by atoms with Gasteiger partial charge in [0.1, 0.15) is 0 Å². The van der Waals surface area contributed by atoms with Crippen molar-refractivity contribution in [3.63, 3.8) is 0 Å². The Hall–Kier alpha value is -1.59. The second kappa shape index (κ2) is 7.11. The van der Waals surface area contributed by atoms with E-state index in [0.717, 1.165) is 6.42 Å². The van der Waals surface area contributed by atoms with Crippen molar-refractivity contribution in [1.82, 2.24) is 10.2 Å². The highest BCUT2D eigenvalue weighted by atomic mass is 16.4. The van der Waals surface area contributed by atoms with Crippen molar-refractivity contribution in [1.29, 1.82) is 0 Å². The molecule has 1 fully saturated rings. The van der Waals surface area contributed by atoms with Gasteiger partial charge in [-0.25, -0.2) is 0 Å². The molecule has 0 radical (unpaired) electrons. The van der Waals surface area contributed by atoms with Crippen LogP contribution in [0, 0.1) is 5.92 Å². The standard InChI is InChI=1S/C13H22N2O4/c1-15(2)12(17)5-3-4-11(16)14-10-7-6-9(8-10)13(18)19/h9-10H,3-8H2,1-2H3,(H,14,16)(H,18,19)/t9-,10+/m1/s1. The molecule has 0 aromatic carbocycles. The van der Waals surface area contributed by atoms with Gasteiger partial charge in [-0.2, -0.15) is 0 Å². The molecule has 0 bridgehead atoms. The minimum atomic E-state index is -0.784. The molecule has 1 rings (SSSR count). The number of amides is 2. The Kier molecular flexibility index (Phi) is 5.79. The fourth-order valence-corrected chi connectivity index (χ4v) is 2.26. The van der Waals surface area contributed by atoms with Crippen LogP contribution >= 0.6 is 0 Å². The van der Waals surface area contributed by atoms with E-state index in [-0.39, 0.29) is 23.8 Å². The van der Waals surface area contributed by atoms with Crippen LogP contribution in [-0.2, 0) is 14.4 Å². The molecule has 2 amide bonds. The lowest BCUT2D eigenvalue weighted by molar-refractivity contribution is -0.141. The fraction of sp³-hybridized carbons (Fsp3) is 0.769. The van der Waals surface area contributed by atoms with Crippen LogP contribution in [0.1, 0.15) is 38.5 Å². The number of carboxylic acid groups (broad SMARTS) is 1. The summed E-state index contributed by atoms with van der Waals surface area (Å²) in [5.41, 5.74) is 0. The molecule has 1 aliphatic rings. The van der Waals surface area contributed by atoms with E-state index < -0.39 is 5.97 Å². The van der Waals surface area contributed by atoms with Crippen molar-refractivity contribution in [2.24, 2.45) is 5.92 Å². The quantitative estimate of drug-likeness (QED) is 0.740. The lowest BCUT2D eigenvalue weighted by atomic mass is 10.1. The van der Waals surface area contributed by atoms with E-state index in [1.165, 1.54) is 4.90 Å². The number of nitrogens with one attached hydrogen (secondary N) is 1. The summed E-state index contributed by atoms with van der Waals surface area (Å²) < 4.78 is 0. The van der Waals surface area contributed by atoms with Gasteiger partial charge in [0.2, 0.25) is 11.8 Å². The molecule has 1 aliphatic carbocycles. The van der Waals surface area contributed by atoms with Gasteiger partial charge < -0.3 is 15.3 Å². The summed E-state index contributed by atoms with van der Waals surface area (Å²) in [5.74, 6) is -1.20. The van der Waals surface area contributed by atoms with E-state index in [9.17, 15) is 14.4 Å². The van der Waals surface area contributed by atoms with Crippen molar-refractivity contribution in [2.75, 3.05) is 14.1 Å². The van der Waals surface area contributed by atoms with Gasteiger partial charge in [0.25, 0.3) is 0 Å². The normalized spacial score (nSPS) is 22.0. The highest BCUT2D eigenvalue weighted by Crippen LogP contribution is 2.25. The number of hydrogen-bond acceptors (Lipinski definition) is 3. The van der Waals surface area contributed by atoms with Gasteiger partial charge in [-0.3, -0.25) is 14.4 Å². The monoisotopic (exact) mass is 270 g/mol. The first-order valence-electron chi connectivity index (χ1n) is 6.62. The number of carbonyl (C=O) groups is 3. The third kappa shape index (κ3) is 5.28. The summed E-state index contributed by atoms with van der Waals surface area (Å²) in [7, 11) is 3.37. The summed E-state index contributed by atoms with van der Waals surface area (Å²) in [6, 6.07) is -0.0295. The van der Waals surface area contributed by atoms with E-state index in [1.54, 1.807) is 14.1 Å². The molecule has 0 aliphatic heterocycles. The van der Waals surface area contributed by atoms with Crippen LogP contribution in [0.2, 0.25) is 0 Å². The molecule has 6 heteroatoms. The van der Waals surface area contributed by atoms with Gasteiger partial charge in [0.05, 0.1) is 5.92 Å². The van der Waals surface area contributed by atoms with Gasteiger partial charge in [-0.1, -0.05) is 0 Å². The number of aliphatic carboxylic acids is 1. The van der Waals surface area contributed by atoms with Gasteiger partial charge in [0, 0.05) is 33.0 Å². The van der Waals surface area contributed by atoms with Crippen molar-refractivity contribution in [2.45, 2.75) is 44.6 Å². The molecule has 6 nitrogen and oxygen atoms in total.